The SMILES string of the molecule is Cc1nc(C)c(CN(CCC(=O)O)C(C)C)s1. The van der Waals surface area contributed by atoms with E-state index >= 15 is 0 Å². The molecule has 5 heteroatoms. The van der Waals surface area contributed by atoms with Crippen molar-refractivity contribution in [3.05, 3.63) is 15.6 Å². The first kappa shape index (κ1) is 14.1. The van der Waals surface area contributed by atoms with E-state index in [4.69, 9.17) is 5.11 Å². The molecular formula is C12H20N2O2S. The van der Waals surface area contributed by atoms with E-state index in [1.807, 2.05) is 13.8 Å². The highest BCUT2D eigenvalue weighted by Crippen LogP contribution is 2.20. The molecule has 0 atom stereocenters. The van der Waals surface area contributed by atoms with Gasteiger partial charge in [-0.15, -0.1) is 11.3 Å². The molecule has 0 bridgehead atoms. The van der Waals surface area contributed by atoms with Gasteiger partial charge in [-0.05, 0) is 27.7 Å². The van der Waals surface area contributed by atoms with Gasteiger partial charge in [-0.2, -0.15) is 0 Å². The van der Waals surface area contributed by atoms with E-state index in [0.717, 1.165) is 17.2 Å². The van der Waals surface area contributed by atoms with Crippen molar-refractivity contribution >= 4 is 17.3 Å². The molecule has 0 saturated heterocycles. The molecule has 1 heterocycles. The minimum absolute atomic E-state index is 0.189. The number of aromatic nitrogens is 1. The lowest BCUT2D eigenvalue weighted by molar-refractivity contribution is -0.137. The second-order valence-corrected chi connectivity index (χ2v) is 5.74. The number of nitrogens with zero attached hydrogens (tertiary/aromatic N) is 2. The van der Waals surface area contributed by atoms with Crippen molar-refractivity contribution in [2.24, 2.45) is 0 Å². The van der Waals surface area contributed by atoms with Gasteiger partial charge in [0.15, 0.2) is 0 Å². The van der Waals surface area contributed by atoms with Gasteiger partial charge in [-0.25, -0.2) is 4.98 Å². The van der Waals surface area contributed by atoms with Crippen LogP contribution in [0.1, 0.15) is 35.8 Å². The van der Waals surface area contributed by atoms with Crippen molar-refractivity contribution in [2.75, 3.05) is 6.54 Å². The van der Waals surface area contributed by atoms with Crippen LogP contribution in [0.5, 0.6) is 0 Å². The molecule has 1 aromatic rings. The van der Waals surface area contributed by atoms with E-state index in [-0.39, 0.29) is 6.42 Å². The third-order valence-electron chi connectivity index (χ3n) is 2.69. The number of aliphatic carboxylic acids is 1. The van der Waals surface area contributed by atoms with Crippen LogP contribution in [0.4, 0.5) is 0 Å². The van der Waals surface area contributed by atoms with Gasteiger partial charge < -0.3 is 5.11 Å². The van der Waals surface area contributed by atoms with Gasteiger partial charge in [0, 0.05) is 24.0 Å². The van der Waals surface area contributed by atoms with E-state index in [0.29, 0.717) is 12.6 Å². The Balaban J connectivity index is 2.66. The molecule has 0 aliphatic rings. The number of carbonyl (C=O) groups is 1. The van der Waals surface area contributed by atoms with Crippen LogP contribution in [-0.2, 0) is 11.3 Å². The maximum atomic E-state index is 10.6. The molecule has 0 unspecified atom stereocenters. The van der Waals surface area contributed by atoms with Crippen LogP contribution >= 0.6 is 11.3 Å². The minimum atomic E-state index is -0.743. The van der Waals surface area contributed by atoms with Crippen LogP contribution in [-0.4, -0.2) is 33.5 Å². The predicted octanol–water partition coefficient (Wildman–Crippen LogP) is 2.45. The lowest BCUT2D eigenvalue weighted by Crippen LogP contribution is -2.32. The summed E-state index contributed by atoms with van der Waals surface area (Å²) in [4.78, 5) is 18.4. The summed E-state index contributed by atoms with van der Waals surface area (Å²) in [5, 5.41) is 9.80. The predicted molar refractivity (Wildman–Crippen MR) is 69.4 cm³/mol. The average Bonchev–Trinajstić information content (AvgIpc) is 2.51. The molecule has 0 radical (unpaired) electrons. The first-order valence-corrected chi connectivity index (χ1v) is 6.60. The van der Waals surface area contributed by atoms with Crippen molar-refractivity contribution in [3.8, 4) is 0 Å². The number of carboxylic acid groups (broad SMARTS) is 1. The van der Waals surface area contributed by atoms with Crippen LogP contribution in [0.3, 0.4) is 0 Å². The summed E-state index contributed by atoms with van der Waals surface area (Å²) in [5.74, 6) is -0.743. The van der Waals surface area contributed by atoms with Gasteiger partial charge in [-0.1, -0.05) is 0 Å². The van der Waals surface area contributed by atoms with E-state index in [2.05, 4.69) is 23.7 Å². The van der Waals surface area contributed by atoms with E-state index < -0.39 is 5.97 Å². The zero-order valence-electron chi connectivity index (χ0n) is 10.9. The Bertz CT molecular complexity index is 388. The summed E-state index contributed by atoms with van der Waals surface area (Å²) in [7, 11) is 0. The fourth-order valence-electron chi connectivity index (χ4n) is 1.66. The van der Waals surface area contributed by atoms with E-state index in [1.165, 1.54) is 4.88 Å². The van der Waals surface area contributed by atoms with E-state index in [9.17, 15) is 4.79 Å². The molecule has 17 heavy (non-hydrogen) atoms. The highest BCUT2D eigenvalue weighted by molar-refractivity contribution is 7.11. The second kappa shape index (κ2) is 6.12. The molecule has 4 nitrogen and oxygen atoms in total. The van der Waals surface area contributed by atoms with Gasteiger partial charge in [-0.3, -0.25) is 9.69 Å². The molecular weight excluding hydrogens is 236 g/mol. The zero-order chi connectivity index (χ0) is 13.0. The van der Waals surface area contributed by atoms with E-state index in [1.54, 1.807) is 11.3 Å². The fraction of sp³-hybridized carbons (Fsp3) is 0.667. The van der Waals surface area contributed by atoms with Crippen LogP contribution in [0.15, 0.2) is 0 Å². The maximum absolute atomic E-state index is 10.6. The van der Waals surface area contributed by atoms with Crippen LogP contribution in [0.2, 0.25) is 0 Å². The molecule has 0 aliphatic heterocycles. The quantitative estimate of drug-likeness (QED) is 0.849. The Labute approximate surface area is 106 Å². The summed E-state index contributed by atoms with van der Waals surface area (Å²) >= 11 is 1.69. The van der Waals surface area contributed by atoms with Gasteiger partial charge >= 0.3 is 5.97 Å². The van der Waals surface area contributed by atoms with Crippen molar-refractivity contribution < 1.29 is 9.90 Å². The lowest BCUT2D eigenvalue weighted by atomic mass is 10.2. The number of carboxylic acids is 1. The summed E-state index contributed by atoms with van der Waals surface area (Å²) in [6, 6.07) is 0.344. The molecule has 0 aliphatic carbocycles. The summed E-state index contributed by atoms with van der Waals surface area (Å²) < 4.78 is 0. The van der Waals surface area contributed by atoms with Crippen LogP contribution in [0.25, 0.3) is 0 Å². The van der Waals surface area contributed by atoms with Gasteiger partial charge in [0.25, 0.3) is 0 Å². The summed E-state index contributed by atoms with van der Waals surface area (Å²) in [6.07, 6.45) is 0.189. The largest absolute Gasteiger partial charge is 0.481 e. The second-order valence-electron chi connectivity index (χ2n) is 4.45. The lowest BCUT2D eigenvalue weighted by Gasteiger charge is -2.25. The van der Waals surface area contributed by atoms with Gasteiger partial charge in [0.2, 0.25) is 0 Å². The number of aryl methyl sites for hydroxylation is 2. The first-order chi connectivity index (χ1) is 7.90. The van der Waals surface area contributed by atoms with Crippen molar-refractivity contribution in [3.63, 3.8) is 0 Å². The van der Waals surface area contributed by atoms with Gasteiger partial charge in [0.1, 0.15) is 0 Å². The molecule has 1 rings (SSSR count). The minimum Gasteiger partial charge on any atom is -0.481 e. The van der Waals surface area contributed by atoms with Crippen molar-refractivity contribution in [1.29, 1.82) is 0 Å². The van der Waals surface area contributed by atoms with Gasteiger partial charge in [0.05, 0.1) is 17.1 Å². The first-order valence-electron chi connectivity index (χ1n) is 5.79. The normalized spacial score (nSPS) is 11.4. The molecule has 0 spiro atoms. The number of hydrogen-bond donors (Lipinski definition) is 1. The highest BCUT2D eigenvalue weighted by atomic mass is 32.1. The van der Waals surface area contributed by atoms with Crippen molar-refractivity contribution in [2.45, 2.75) is 46.7 Å². The molecule has 0 aromatic carbocycles. The monoisotopic (exact) mass is 256 g/mol. The van der Waals surface area contributed by atoms with Crippen LogP contribution in [0, 0.1) is 13.8 Å². The summed E-state index contributed by atoms with van der Waals surface area (Å²) in [5.41, 5.74) is 1.06. The third-order valence-corrected chi connectivity index (χ3v) is 3.75. The Kier molecular flexibility index (Phi) is 5.08. The topological polar surface area (TPSA) is 53.4 Å². The summed E-state index contributed by atoms with van der Waals surface area (Å²) in [6.45, 7) is 9.56. The van der Waals surface area contributed by atoms with Crippen molar-refractivity contribution in [1.82, 2.24) is 9.88 Å². The zero-order valence-corrected chi connectivity index (χ0v) is 11.7. The Hall–Kier alpha value is -0.940. The highest BCUT2D eigenvalue weighted by Gasteiger charge is 2.14. The standard InChI is InChI=1S/C12H20N2O2S/c1-8(2)14(6-5-12(15)16)7-11-9(3)13-10(4)17-11/h8H,5-7H2,1-4H3,(H,15,16). The fourth-order valence-corrected chi connectivity index (χ4v) is 2.63. The molecule has 0 saturated carbocycles. The Morgan fingerprint density at radius 2 is 2.12 bits per heavy atom. The molecule has 1 N–H and O–H groups in total. The number of hydrogen-bond acceptors (Lipinski definition) is 4. The third kappa shape index (κ3) is 4.44. The Morgan fingerprint density at radius 3 is 2.53 bits per heavy atom. The van der Waals surface area contributed by atoms with Crippen LogP contribution < -0.4 is 0 Å². The Morgan fingerprint density at radius 1 is 1.47 bits per heavy atom. The maximum Gasteiger partial charge on any atom is 0.304 e. The number of rotatable bonds is 6. The molecule has 96 valence electrons. The molecule has 0 fully saturated rings. The molecule has 0 amide bonds. The average molecular weight is 256 g/mol. The molecule has 1 aromatic heterocycles. The number of thiazole rings is 1. The smallest absolute Gasteiger partial charge is 0.304 e.